The fourth-order valence-corrected chi connectivity index (χ4v) is 3.02. The molecule has 2 aliphatic heterocycles. The molecule has 0 bridgehead atoms. The lowest BCUT2D eigenvalue weighted by Gasteiger charge is -2.19. The van der Waals surface area contributed by atoms with E-state index >= 15 is 0 Å². The van der Waals surface area contributed by atoms with Crippen molar-refractivity contribution in [2.45, 2.75) is 12.5 Å². The second-order valence-corrected chi connectivity index (χ2v) is 6.19. The highest BCUT2D eigenvalue weighted by atomic mass is 79.9. The van der Waals surface area contributed by atoms with Crippen LogP contribution in [0.2, 0.25) is 0 Å². The molecule has 1 aromatic carbocycles. The number of carbonyl (C=O) groups excluding carboxylic acids is 3. The zero-order valence-corrected chi connectivity index (χ0v) is 14.0. The summed E-state index contributed by atoms with van der Waals surface area (Å²) in [6, 6.07) is 4.88. The Kier molecular flexibility index (Phi) is 4.89. The third kappa shape index (κ3) is 2.88. The van der Waals surface area contributed by atoms with Gasteiger partial charge >= 0.3 is 0 Å². The summed E-state index contributed by atoms with van der Waals surface area (Å²) in [5.74, 6) is -1.08. The summed E-state index contributed by atoms with van der Waals surface area (Å²) in [4.78, 5) is 39.3. The van der Waals surface area contributed by atoms with E-state index in [9.17, 15) is 14.4 Å². The Labute approximate surface area is 142 Å². The maximum Gasteiger partial charge on any atom is 0.262 e. The highest BCUT2D eigenvalue weighted by Gasteiger charge is 2.38. The Hall–Kier alpha value is -1.44. The zero-order chi connectivity index (χ0) is 15.1. The second-order valence-electron chi connectivity index (χ2n) is 5.27. The predicted octanol–water partition coefficient (Wildman–Crippen LogP) is 1.03. The number of fused-ring (bicyclic) bond motifs is 1. The zero-order valence-electron chi connectivity index (χ0n) is 11.6. The molecule has 2 heterocycles. The van der Waals surface area contributed by atoms with Crippen molar-refractivity contribution in [3.05, 3.63) is 33.8 Å². The van der Waals surface area contributed by atoms with E-state index in [1.807, 2.05) is 0 Å². The van der Waals surface area contributed by atoms with E-state index in [-0.39, 0.29) is 30.9 Å². The molecular formula is C14H15BrClN3O3. The first-order valence-corrected chi connectivity index (χ1v) is 7.46. The van der Waals surface area contributed by atoms with Crippen LogP contribution in [0.15, 0.2) is 22.7 Å². The third-order valence-electron chi connectivity index (χ3n) is 3.80. The average Bonchev–Trinajstić information content (AvgIpc) is 2.97. The van der Waals surface area contributed by atoms with E-state index in [4.69, 9.17) is 5.73 Å². The van der Waals surface area contributed by atoms with Gasteiger partial charge in [0.15, 0.2) is 0 Å². The second kappa shape index (κ2) is 6.36. The van der Waals surface area contributed by atoms with Gasteiger partial charge in [-0.2, -0.15) is 0 Å². The molecule has 6 nitrogen and oxygen atoms in total. The molecule has 2 aliphatic rings. The van der Waals surface area contributed by atoms with Gasteiger partial charge in [-0.25, -0.2) is 0 Å². The van der Waals surface area contributed by atoms with E-state index in [2.05, 4.69) is 15.9 Å². The van der Waals surface area contributed by atoms with E-state index in [0.29, 0.717) is 24.2 Å². The van der Waals surface area contributed by atoms with Crippen LogP contribution in [0.3, 0.4) is 0 Å². The Morgan fingerprint density at radius 3 is 2.59 bits per heavy atom. The number of imide groups is 1. The van der Waals surface area contributed by atoms with E-state index in [1.54, 1.807) is 23.1 Å². The Balaban J connectivity index is 0.00000176. The molecule has 0 radical (unpaired) electrons. The minimum absolute atomic E-state index is 0. The first-order valence-electron chi connectivity index (χ1n) is 6.66. The minimum Gasteiger partial charge on any atom is -0.340 e. The van der Waals surface area contributed by atoms with Crippen molar-refractivity contribution in [2.75, 3.05) is 19.6 Å². The van der Waals surface area contributed by atoms with Gasteiger partial charge in [0.25, 0.3) is 11.8 Å². The number of nitrogens with zero attached hydrogens (tertiary/aromatic N) is 2. The Morgan fingerprint density at radius 2 is 1.95 bits per heavy atom. The number of benzene rings is 1. The van der Waals surface area contributed by atoms with Crippen molar-refractivity contribution in [3.63, 3.8) is 0 Å². The number of hydrogen-bond acceptors (Lipinski definition) is 4. The summed E-state index contributed by atoms with van der Waals surface area (Å²) < 4.78 is 0.723. The molecule has 0 spiro atoms. The number of rotatable bonds is 2. The van der Waals surface area contributed by atoms with Crippen molar-refractivity contribution >= 4 is 46.1 Å². The summed E-state index contributed by atoms with van der Waals surface area (Å²) >= 11 is 3.27. The molecule has 3 amide bonds. The molecule has 0 saturated carbocycles. The molecule has 1 atom stereocenters. The monoisotopic (exact) mass is 387 g/mol. The molecule has 2 N–H and O–H groups in total. The van der Waals surface area contributed by atoms with Crippen LogP contribution >= 0.6 is 28.3 Å². The molecular weight excluding hydrogens is 374 g/mol. The van der Waals surface area contributed by atoms with Gasteiger partial charge in [0.2, 0.25) is 5.91 Å². The minimum atomic E-state index is -0.423. The molecule has 0 aromatic heterocycles. The lowest BCUT2D eigenvalue weighted by Crippen LogP contribution is -2.42. The lowest BCUT2D eigenvalue weighted by molar-refractivity contribution is -0.130. The smallest absolute Gasteiger partial charge is 0.262 e. The van der Waals surface area contributed by atoms with Crippen LogP contribution in [0.25, 0.3) is 0 Å². The number of hydrogen-bond donors (Lipinski definition) is 1. The number of amides is 3. The Bertz CT molecular complexity index is 652. The number of likely N-dealkylation sites (tertiary alicyclic amines) is 1. The van der Waals surface area contributed by atoms with Crippen molar-refractivity contribution in [1.29, 1.82) is 0 Å². The SMILES string of the molecule is Cl.N[C@@H]1CCN(C(=O)CN2C(=O)c3ccc(Br)cc3C2=O)C1. The summed E-state index contributed by atoms with van der Waals surface area (Å²) in [5, 5.41) is 0. The molecule has 1 fully saturated rings. The van der Waals surface area contributed by atoms with Gasteiger partial charge < -0.3 is 10.6 Å². The molecule has 118 valence electrons. The molecule has 0 aliphatic carbocycles. The fraction of sp³-hybridized carbons (Fsp3) is 0.357. The topological polar surface area (TPSA) is 83.7 Å². The molecule has 22 heavy (non-hydrogen) atoms. The summed E-state index contributed by atoms with van der Waals surface area (Å²) in [6.45, 7) is 0.832. The maximum absolute atomic E-state index is 12.3. The highest BCUT2D eigenvalue weighted by Crippen LogP contribution is 2.26. The van der Waals surface area contributed by atoms with Gasteiger partial charge in [0.1, 0.15) is 6.54 Å². The van der Waals surface area contributed by atoms with Crippen molar-refractivity contribution < 1.29 is 14.4 Å². The van der Waals surface area contributed by atoms with Crippen molar-refractivity contribution in [3.8, 4) is 0 Å². The number of nitrogens with two attached hydrogens (primary N) is 1. The van der Waals surface area contributed by atoms with Gasteiger partial charge in [-0.05, 0) is 24.6 Å². The van der Waals surface area contributed by atoms with E-state index in [0.717, 1.165) is 15.8 Å². The van der Waals surface area contributed by atoms with Crippen LogP contribution in [0.1, 0.15) is 27.1 Å². The quantitative estimate of drug-likeness (QED) is 0.767. The van der Waals surface area contributed by atoms with Gasteiger partial charge in [0.05, 0.1) is 11.1 Å². The van der Waals surface area contributed by atoms with Crippen LogP contribution in [-0.4, -0.2) is 53.2 Å². The van der Waals surface area contributed by atoms with Gasteiger partial charge in [-0.3, -0.25) is 19.3 Å². The van der Waals surface area contributed by atoms with Crippen LogP contribution < -0.4 is 5.73 Å². The fourth-order valence-electron chi connectivity index (χ4n) is 2.66. The maximum atomic E-state index is 12.3. The molecule has 1 aromatic rings. The molecule has 0 unspecified atom stereocenters. The highest BCUT2D eigenvalue weighted by molar-refractivity contribution is 9.10. The van der Waals surface area contributed by atoms with Gasteiger partial charge in [-0.15, -0.1) is 12.4 Å². The first-order chi connectivity index (χ1) is 9.97. The van der Waals surface area contributed by atoms with Gasteiger partial charge in [-0.1, -0.05) is 15.9 Å². The molecule has 1 saturated heterocycles. The third-order valence-corrected chi connectivity index (χ3v) is 4.30. The van der Waals surface area contributed by atoms with E-state index < -0.39 is 11.8 Å². The van der Waals surface area contributed by atoms with E-state index in [1.165, 1.54) is 0 Å². The largest absolute Gasteiger partial charge is 0.340 e. The normalized spacial score (nSPS) is 20.2. The standard InChI is InChI=1S/C14H14BrN3O3.ClH/c15-8-1-2-10-11(5-8)14(21)18(13(10)20)7-12(19)17-4-3-9(16)6-17;/h1-2,5,9H,3-4,6-7,16H2;1H/t9-;/m1./s1. The lowest BCUT2D eigenvalue weighted by atomic mass is 10.1. The van der Waals surface area contributed by atoms with Crippen LogP contribution in [-0.2, 0) is 4.79 Å². The van der Waals surface area contributed by atoms with Crippen molar-refractivity contribution in [2.24, 2.45) is 5.73 Å². The summed E-state index contributed by atoms with van der Waals surface area (Å²) in [7, 11) is 0. The Morgan fingerprint density at radius 1 is 1.27 bits per heavy atom. The predicted molar refractivity (Wildman–Crippen MR) is 85.9 cm³/mol. The first kappa shape index (κ1) is 16.9. The van der Waals surface area contributed by atoms with Gasteiger partial charge in [0, 0.05) is 23.6 Å². The summed E-state index contributed by atoms with van der Waals surface area (Å²) in [6.07, 6.45) is 0.751. The van der Waals surface area contributed by atoms with Crippen molar-refractivity contribution in [1.82, 2.24) is 9.80 Å². The van der Waals surface area contributed by atoms with Crippen LogP contribution in [0.4, 0.5) is 0 Å². The average molecular weight is 389 g/mol. The van der Waals surface area contributed by atoms with Crippen LogP contribution in [0, 0.1) is 0 Å². The summed E-state index contributed by atoms with van der Waals surface area (Å²) in [5.41, 5.74) is 6.44. The number of carbonyl (C=O) groups is 3. The molecule has 3 rings (SSSR count). The van der Waals surface area contributed by atoms with Crippen LogP contribution in [0.5, 0.6) is 0 Å². The number of halogens is 2. The molecule has 8 heteroatoms.